The van der Waals surface area contributed by atoms with Crippen LogP contribution in [-0.2, 0) is 11.2 Å². The molecule has 0 bridgehead atoms. The first-order chi connectivity index (χ1) is 30.3. The summed E-state index contributed by atoms with van der Waals surface area (Å²) in [4.78, 5) is 34.9. The Kier molecular flexibility index (Phi) is 8.71. The first-order valence-electron chi connectivity index (χ1n) is 20.9. The van der Waals surface area contributed by atoms with E-state index in [0.717, 1.165) is 117 Å². The molecule has 0 radical (unpaired) electrons. The van der Waals surface area contributed by atoms with E-state index >= 15 is 0 Å². The second-order valence-corrected chi connectivity index (χ2v) is 18.9. The fourth-order valence-electron chi connectivity index (χ4n) is 10.7. The summed E-state index contributed by atoms with van der Waals surface area (Å²) >= 11 is 3.10. The number of rotatable bonds is 2. The van der Waals surface area contributed by atoms with Crippen molar-refractivity contribution in [2.75, 3.05) is 0 Å². The summed E-state index contributed by atoms with van der Waals surface area (Å²) in [7, 11) is 0. The van der Waals surface area contributed by atoms with E-state index in [4.69, 9.17) is 16.0 Å². The van der Waals surface area contributed by atoms with Crippen molar-refractivity contribution >= 4 is 57.5 Å². The third-order valence-electron chi connectivity index (χ3n) is 13.4. The van der Waals surface area contributed by atoms with Gasteiger partial charge in [-0.3, -0.25) is 9.59 Å². The number of hydrogen-bond donors (Lipinski definition) is 0. The Balaban J connectivity index is 1.08. The van der Waals surface area contributed by atoms with Crippen LogP contribution in [0.3, 0.4) is 0 Å². The van der Waals surface area contributed by atoms with Crippen LogP contribution in [0.5, 0.6) is 11.5 Å². The van der Waals surface area contributed by atoms with Crippen LogP contribution in [0.15, 0.2) is 95.2 Å². The first-order valence-corrected chi connectivity index (χ1v) is 22.6. The zero-order chi connectivity index (χ0) is 42.3. The van der Waals surface area contributed by atoms with Gasteiger partial charge < -0.3 is 9.47 Å². The molecule has 62 heavy (non-hydrogen) atoms. The van der Waals surface area contributed by atoms with Gasteiger partial charge in [0.05, 0.1) is 22.4 Å². The summed E-state index contributed by atoms with van der Waals surface area (Å²) in [6, 6.07) is 29.1. The molecule has 2 aliphatic heterocycles. The van der Waals surface area contributed by atoms with Crippen molar-refractivity contribution in [3.8, 4) is 50.6 Å². The summed E-state index contributed by atoms with van der Waals surface area (Å²) in [5.74, 6) is 1.12. The highest BCUT2D eigenvalue weighted by Gasteiger charge is 2.48. The third kappa shape index (κ3) is 5.51. The molecular formula is C52H34N4O4S2. The lowest BCUT2D eigenvalue weighted by molar-refractivity contribution is 0.0205. The van der Waals surface area contributed by atoms with Crippen molar-refractivity contribution in [1.29, 1.82) is 15.8 Å². The molecule has 5 aromatic rings. The largest absolute Gasteiger partial charge is 0.481 e. The van der Waals surface area contributed by atoms with Crippen LogP contribution in [0.1, 0.15) is 117 Å². The highest BCUT2D eigenvalue weighted by molar-refractivity contribution is 7.17. The molecule has 0 saturated heterocycles. The topological polar surface area (TPSA) is 128 Å². The molecule has 0 amide bonds. The van der Waals surface area contributed by atoms with Crippen molar-refractivity contribution in [3.05, 3.63) is 150 Å². The minimum atomic E-state index is -0.560. The quantitative estimate of drug-likeness (QED) is 0.0983. The van der Waals surface area contributed by atoms with E-state index in [-0.39, 0.29) is 22.8 Å². The Morgan fingerprint density at radius 3 is 1.47 bits per heavy atom. The first kappa shape index (κ1) is 37.9. The van der Waals surface area contributed by atoms with Gasteiger partial charge in [-0.25, -0.2) is 10.1 Å². The van der Waals surface area contributed by atoms with E-state index in [2.05, 4.69) is 17.0 Å². The average Bonchev–Trinajstić information content (AvgIpc) is 4.04. The van der Waals surface area contributed by atoms with E-state index in [0.29, 0.717) is 44.5 Å². The predicted octanol–water partition coefficient (Wildman–Crippen LogP) is 12.8. The standard InChI is InChI=1S/C52H34N4O4S2/c1-56-42(28-55)46-33-13-5-7-15-35(33)48(58)39(46)21-31-23-44-50(62-31)37-25-40-36(24-41(37)52(60-44)18-10-3-11-19-52)49-43(59-51(40)16-8-2-9-17-51)22-30(61-49)20-38-45(29(26-53)27-54)32-12-4-6-14-34(32)47(38)57/h4-7,12-15,20-25H,2-3,8-11,16-19H2/b38-20-,39-21-,46-42-. The Labute approximate surface area is 366 Å². The summed E-state index contributed by atoms with van der Waals surface area (Å²) in [6.07, 6.45) is 13.4. The van der Waals surface area contributed by atoms with Gasteiger partial charge in [0.25, 0.3) is 5.70 Å². The molecule has 2 aromatic heterocycles. The maximum Gasteiger partial charge on any atom is 0.270 e. The lowest BCUT2D eigenvalue weighted by Gasteiger charge is -2.45. The van der Waals surface area contributed by atoms with Crippen LogP contribution in [0.25, 0.3) is 49.0 Å². The highest BCUT2D eigenvalue weighted by Crippen LogP contribution is 2.61. The van der Waals surface area contributed by atoms with Crippen LogP contribution >= 0.6 is 22.7 Å². The number of nitriles is 3. The van der Waals surface area contributed by atoms with Crippen molar-refractivity contribution in [2.24, 2.45) is 0 Å². The number of carbonyl (C=O) groups excluding carboxylic acids is 2. The van der Waals surface area contributed by atoms with E-state index in [9.17, 15) is 25.4 Å². The second kappa shape index (κ2) is 14.3. The molecule has 6 aliphatic rings. The van der Waals surface area contributed by atoms with Gasteiger partial charge in [-0.2, -0.15) is 10.5 Å². The molecule has 4 heterocycles. The molecule has 11 rings (SSSR count). The highest BCUT2D eigenvalue weighted by atomic mass is 32.1. The summed E-state index contributed by atoms with van der Waals surface area (Å²) in [5.41, 5.74) is 6.73. The molecule has 2 saturated carbocycles. The monoisotopic (exact) mass is 842 g/mol. The van der Waals surface area contributed by atoms with Gasteiger partial charge in [0.15, 0.2) is 11.6 Å². The SMILES string of the molecule is [C-]#[N+]/C(C#N)=C1\C(=C\c2cc3c(s2)-c2cc4c(cc2C2(CCCCC2)O3)-c2sc(/C=C3\C(=O)c5ccccc5C3=C(C#N)C#N)cc2OC42CCCCC2)C(=O)c2ccccc21. The number of nitrogens with zero attached hydrogens (tertiary/aromatic N) is 4. The fraction of sp³-hybridized carbons (Fsp3) is 0.231. The van der Waals surface area contributed by atoms with Gasteiger partial charge in [0.2, 0.25) is 0 Å². The van der Waals surface area contributed by atoms with Crippen LogP contribution in [0.2, 0.25) is 0 Å². The minimum Gasteiger partial charge on any atom is -0.481 e. The number of thiophene rings is 2. The molecule has 298 valence electrons. The number of fused-ring (bicyclic) bond motifs is 10. The molecule has 8 nitrogen and oxygen atoms in total. The molecule has 2 spiro atoms. The van der Waals surface area contributed by atoms with Crippen LogP contribution in [0.4, 0.5) is 0 Å². The predicted molar refractivity (Wildman–Crippen MR) is 239 cm³/mol. The lowest BCUT2D eigenvalue weighted by Crippen LogP contribution is -2.40. The van der Waals surface area contributed by atoms with Crippen molar-refractivity contribution in [3.63, 3.8) is 0 Å². The normalized spacial score (nSPS) is 20.4. The third-order valence-corrected chi connectivity index (χ3v) is 15.6. The Morgan fingerprint density at radius 2 is 1.03 bits per heavy atom. The zero-order valence-electron chi connectivity index (χ0n) is 33.4. The van der Waals surface area contributed by atoms with Gasteiger partial charge >= 0.3 is 0 Å². The number of allylic oxidation sites excluding steroid dienone is 6. The number of ether oxygens (including phenoxy) is 2. The maximum absolute atomic E-state index is 13.9. The van der Waals surface area contributed by atoms with Crippen LogP contribution < -0.4 is 9.47 Å². The van der Waals surface area contributed by atoms with E-state index < -0.39 is 11.2 Å². The molecule has 3 aromatic carbocycles. The zero-order valence-corrected chi connectivity index (χ0v) is 35.0. The Hall–Kier alpha value is -7.08. The smallest absolute Gasteiger partial charge is 0.270 e. The number of benzene rings is 3. The molecule has 0 N–H and O–H groups in total. The number of Topliss-reactive ketones (excluding diaryl/α,β-unsaturated/α-hetero) is 2. The van der Waals surface area contributed by atoms with Crippen molar-refractivity contribution in [1.82, 2.24) is 0 Å². The lowest BCUT2D eigenvalue weighted by atomic mass is 9.71. The van der Waals surface area contributed by atoms with Crippen LogP contribution in [-0.4, -0.2) is 11.6 Å². The molecule has 0 unspecified atom stereocenters. The second-order valence-electron chi connectivity index (χ2n) is 16.7. The Morgan fingerprint density at radius 1 is 0.597 bits per heavy atom. The van der Waals surface area contributed by atoms with Gasteiger partial charge in [0.1, 0.15) is 40.4 Å². The molecular weight excluding hydrogens is 809 g/mol. The number of ketones is 2. The minimum absolute atomic E-state index is 0.0949. The average molecular weight is 843 g/mol. The maximum atomic E-state index is 13.9. The summed E-state index contributed by atoms with van der Waals surface area (Å²) < 4.78 is 14.4. The molecule has 0 atom stereocenters. The number of carbonyl (C=O) groups is 2. The summed E-state index contributed by atoms with van der Waals surface area (Å²) in [6.45, 7) is 7.77. The van der Waals surface area contributed by atoms with Gasteiger partial charge in [-0.1, -0.05) is 61.4 Å². The number of hydrogen-bond acceptors (Lipinski definition) is 9. The summed E-state index contributed by atoms with van der Waals surface area (Å²) in [5, 5.41) is 29.9. The van der Waals surface area contributed by atoms with E-state index in [1.54, 1.807) is 59.1 Å². The van der Waals surface area contributed by atoms with Gasteiger partial charge in [0, 0.05) is 65.4 Å². The molecule has 10 heteroatoms. The van der Waals surface area contributed by atoms with Gasteiger partial charge in [-0.15, -0.1) is 22.7 Å². The van der Waals surface area contributed by atoms with E-state index in [1.165, 1.54) is 0 Å². The van der Waals surface area contributed by atoms with Crippen molar-refractivity contribution in [2.45, 2.75) is 75.4 Å². The molecule has 2 fully saturated rings. The van der Waals surface area contributed by atoms with Gasteiger partial charge in [-0.05, 0) is 98.9 Å². The molecule has 4 aliphatic carbocycles. The van der Waals surface area contributed by atoms with Crippen LogP contribution in [0, 0.1) is 40.6 Å². The van der Waals surface area contributed by atoms with E-state index in [1.807, 2.05) is 54.6 Å². The Bertz CT molecular complexity index is 2940. The van der Waals surface area contributed by atoms with Crippen molar-refractivity contribution < 1.29 is 19.1 Å². The fourth-order valence-corrected chi connectivity index (χ4v) is 12.8.